The molecule has 0 bridgehead atoms. The lowest BCUT2D eigenvalue weighted by atomic mass is 9.82. The Balaban J connectivity index is 2.29. The molecular formula is C27H46O3. The molecule has 0 radical (unpaired) electrons. The molecule has 0 aromatic heterocycles. The standard InChI is InChI=1S/C27H46O3/c1-7-8-9-10-11-12-13-14-15-16-17-18-30-26(29)22(3)23-19-21(2)25(28)24(20-23)27(4,5)6/h19-20,22,28H,7-18H2,1-6H3. The maximum Gasteiger partial charge on any atom is 0.313 e. The molecule has 1 rings (SSSR count). The molecular weight excluding hydrogens is 372 g/mol. The van der Waals surface area contributed by atoms with E-state index in [0.29, 0.717) is 12.4 Å². The average Bonchev–Trinajstić information content (AvgIpc) is 2.69. The van der Waals surface area contributed by atoms with Crippen LogP contribution in [0.15, 0.2) is 12.1 Å². The normalized spacial score (nSPS) is 12.7. The van der Waals surface area contributed by atoms with E-state index in [9.17, 15) is 9.90 Å². The van der Waals surface area contributed by atoms with E-state index in [1.165, 1.54) is 57.8 Å². The lowest BCUT2D eigenvalue weighted by Gasteiger charge is -2.24. The van der Waals surface area contributed by atoms with Gasteiger partial charge >= 0.3 is 5.97 Å². The van der Waals surface area contributed by atoms with Crippen LogP contribution in [-0.4, -0.2) is 17.7 Å². The van der Waals surface area contributed by atoms with Crippen LogP contribution in [0, 0.1) is 6.92 Å². The molecule has 1 aromatic carbocycles. The second-order valence-corrected chi connectivity index (χ2v) is 9.91. The van der Waals surface area contributed by atoms with E-state index >= 15 is 0 Å². The third-order valence-corrected chi connectivity index (χ3v) is 5.98. The van der Waals surface area contributed by atoms with Gasteiger partial charge in [0.1, 0.15) is 5.75 Å². The number of benzene rings is 1. The number of hydrogen-bond donors (Lipinski definition) is 1. The first kappa shape index (κ1) is 26.5. The Kier molecular flexibility index (Phi) is 12.1. The third kappa shape index (κ3) is 9.53. The third-order valence-electron chi connectivity index (χ3n) is 5.98. The highest BCUT2D eigenvalue weighted by Gasteiger charge is 2.24. The maximum absolute atomic E-state index is 12.5. The van der Waals surface area contributed by atoms with Gasteiger partial charge in [0.25, 0.3) is 0 Å². The zero-order valence-corrected chi connectivity index (χ0v) is 20.5. The Morgan fingerprint density at radius 1 is 0.933 bits per heavy atom. The van der Waals surface area contributed by atoms with Crippen molar-refractivity contribution in [3.05, 3.63) is 28.8 Å². The van der Waals surface area contributed by atoms with Crippen molar-refractivity contribution < 1.29 is 14.6 Å². The lowest BCUT2D eigenvalue weighted by molar-refractivity contribution is -0.145. The zero-order chi connectivity index (χ0) is 22.6. The summed E-state index contributed by atoms with van der Waals surface area (Å²) >= 11 is 0. The number of aryl methyl sites for hydroxylation is 1. The van der Waals surface area contributed by atoms with Crippen LogP contribution < -0.4 is 0 Å². The topological polar surface area (TPSA) is 46.5 Å². The van der Waals surface area contributed by atoms with Crippen molar-refractivity contribution in [2.45, 2.75) is 124 Å². The summed E-state index contributed by atoms with van der Waals surface area (Å²) in [5, 5.41) is 10.4. The second kappa shape index (κ2) is 13.7. The van der Waals surface area contributed by atoms with Crippen LogP contribution in [0.2, 0.25) is 0 Å². The minimum Gasteiger partial charge on any atom is -0.507 e. The first-order chi connectivity index (χ1) is 14.2. The first-order valence-corrected chi connectivity index (χ1v) is 12.2. The summed E-state index contributed by atoms with van der Waals surface area (Å²) in [5.74, 6) is -0.169. The molecule has 1 N–H and O–H groups in total. The molecule has 0 aliphatic heterocycles. The number of rotatable bonds is 14. The predicted molar refractivity (Wildman–Crippen MR) is 127 cm³/mol. The van der Waals surface area contributed by atoms with E-state index in [4.69, 9.17) is 4.74 Å². The quantitative estimate of drug-likeness (QED) is 0.246. The van der Waals surface area contributed by atoms with Gasteiger partial charge < -0.3 is 9.84 Å². The number of phenols is 1. The fraction of sp³-hybridized carbons (Fsp3) is 0.741. The van der Waals surface area contributed by atoms with E-state index < -0.39 is 0 Å². The van der Waals surface area contributed by atoms with Crippen LogP contribution in [0.5, 0.6) is 5.75 Å². The molecule has 0 aliphatic rings. The minimum absolute atomic E-state index is 0.174. The SMILES string of the molecule is CCCCCCCCCCCCCOC(=O)C(C)c1cc(C)c(O)c(C(C)(C)C)c1. The minimum atomic E-state index is -0.321. The predicted octanol–water partition coefficient (Wildman–Crippen LogP) is 7.96. The molecule has 172 valence electrons. The Labute approximate surface area is 185 Å². The van der Waals surface area contributed by atoms with Gasteiger partial charge in [-0.05, 0) is 42.4 Å². The maximum atomic E-state index is 12.5. The summed E-state index contributed by atoms with van der Waals surface area (Å²) in [6.07, 6.45) is 14.1. The van der Waals surface area contributed by atoms with Crippen molar-refractivity contribution in [2.24, 2.45) is 0 Å². The summed E-state index contributed by atoms with van der Waals surface area (Å²) < 4.78 is 5.54. The highest BCUT2D eigenvalue weighted by molar-refractivity contribution is 5.78. The smallest absolute Gasteiger partial charge is 0.313 e. The number of carbonyl (C=O) groups is 1. The molecule has 0 saturated carbocycles. The summed E-state index contributed by atoms with van der Waals surface area (Å²) in [5.41, 5.74) is 2.42. The van der Waals surface area contributed by atoms with Gasteiger partial charge in [-0.2, -0.15) is 0 Å². The van der Waals surface area contributed by atoms with Crippen molar-refractivity contribution in [2.75, 3.05) is 6.61 Å². The monoisotopic (exact) mass is 418 g/mol. The van der Waals surface area contributed by atoms with Crippen LogP contribution in [0.3, 0.4) is 0 Å². The van der Waals surface area contributed by atoms with Crippen LogP contribution in [0.25, 0.3) is 0 Å². The Bertz CT molecular complexity index is 628. The molecule has 1 unspecified atom stereocenters. The van der Waals surface area contributed by atoms with Gasteiger partial charge in [0, 0.05) is 0 Å². The van der Waals surface area contributed by atoms with E-state index in [2.05, 4.69) is 27.7 Å². The van der Waals surface area contributed by atoms with Crippen molar-refractivity contribution in [1.29, 1.82) is 0 Å². The molecule has 0 saturated heterocycles. The van der Waals surface area contributed by atoms with Crippen molar-refractivity contribution in [3.63, 3.8) is 0 Å². The van der Waals surface area contributed by atoms with Gasteiger partial charge in [0.2, 0.25) is 0 Å². The molecule has 1 atom stereocenters. The van der Waals surface area contributed by atoms with Crippen LogP contribution >= 0.6 is 0 Å². The Morgan fingerprint density at radius 2 is 1.43 bits per heavy atom. The van der Waals surface area contributed by atoms with E-state index in [-0.39, 0.29) is 17.3 Å². The summed E-state index contributed by atoms with van der Waals surface area (Å²) in [4.78, 5) is 12.5. The summed E-state index contributed by atoms with van der Waals surface area (Å²) in [6, 6.07) is 3.86. The lowest BCUT2D eigenvalue weighted by Crippen LogP contribution is -2.17. The van der Waals surface area contributed by atoms with Crippen LogP contribution in [0.4, 0.5) is 0 Å². The highest BCUT2D eigenvalue weighted by atomic mass is 16.5. The number of aromatic hydroxyl groups is 1. The van der Waals surface area contributed by atoms with E-state index in [1.807, 2.05) is 26.0 Å². The van der Waals surface area contributed by atoms with E-state index in [0.717, 1.165) is 29.5 Å². The largest absolute Gasteiger partial charge is 0.507 e. The number of unbranched alkanes of at least 4 members (excludes halogenated alkanes) is 10. The van der Waals surface area contributed by atoms with Crippen molar-refractivity contribution in [1.82, 2.24) is 0 Å². The average molecular weight is 419 g/mol. The number of carbonyl (C=O) groups excluding carboxylic acids is 1. The number of esters is 1. The van der Waals surface area contributed by atoms with E-state index in [1.54, 1.807) is 0 Å². The first-order valence-electron chi connectivity index (χ1n) is 12.2. The molecule has 0 fully saturated rings. The second-order valence-electron chi connectivity index (χ2n) is 9.91. The van der Waals surface area contributed by atoms with Crippen molar-refractivity contribution in [3.8, 4) is 5.75 Å². The highest BCUT2D eigenvalue weighted by Crippen LogP contribution is 2.36. The molecule has 0 spiro atoms. The number of phenolic OH excluding ortho intramolecular Hbond substituents is 1. The number of hydrogen-bond acceptors (Lipinski definition) is 3. The molecule has 3 nitrogen and oxygen atoms in total. The van der Waals surface area contributed by atoms with Gasteiger partial charge in [-0.3, -0.25) is 4.79 Å². The molecule has 0 amide bonds. The summed E-state index contributed by atoms with van der Waals surface area (Å²) in [7, 11) is 0. The van der Waals surface area contributed by atoms with Gasteiger partial charge in [0.05, 0.1) is 12.5 Å². The Hall–Kier alpha value is -1.51. The molecule has 1 aromatic rings. The Morgan fingerprint density at radius 3 is 1.93 bits per heavy atom. The molecule has 0 aliphatic carbocycles. The fourth-order valence-electron chi connectivity index (χ4n) is 3.83. The molecule has 0 heterocycles. The zero-order valence-electron chi connectivity index (χ0n) is 20.5. The van der Waals surface area contributed by atoms with Crippen LogP contribution in [0.1, 0.15) is 128 Å². The summed E-state index contributed by atoms with van der Waals surface area (Å²) in [6.45, 7) is 12.7. The molecule has 30 heavy (non-hydrogen) atoms. The van der Waals surface area contributed by atoms with Crippen LogP contribution in [-0.2, 0) is 14.9 Å². The van der Waals surface area contributed by atoms with Crippen molar-refractivity contribution >= 4 is 5.97 Å². The van der Waals surface area contributed by atoms with Gasteiger partial charge in [-0.1, -0.05) is 104 Å². The number of ether oxygens (including phenoxy) is 1. The molecule has 3 heteroatoms. The van der Waals surface area contributed by atoms with Gasteiger partial charge in [-0.15, -0.1) is 0 Å². The van der Waals surface area contributed by atoms with Gasteiger partial charge in [-0.25, -0.2) is 0 Å². The van der Waals surface area contributed by atoms with Gasteiger partial charge in [0.15, 0.2) is 0 Å². The fourth-order valence-corrected chi connectivity index (χ4v) is 3.83.